The molecule has 2 heterocycles. The molecule has 2 aromatic heterocycles. The average Bonchev–Trinajstić information content (AvgIpc) is 2.82. The van der Waals surface area contributed by atoms with Crippen molar-refractivity contribution < 1.29 is 0 Å². The monoisotopic (exact) mass is 265 g/mol. The van der Waals surface area contributed by atoms with Crippen molar-refractivity contribution in [2.45, 2.75) is 6.42 Å². The quantitative estimate of drug-likeness (QED) is 0.792. The van der Waals surface area contributed by atoms with Crippen molar-refractivity contribution in [1.82, 2.24) is 15.2 Å². The van der Waals surface area contributed by atoms with Crippen LogP contribution < -0.4 is 11.1 Å². The van der Waals surface area contributed by atoms with Crippen molar-refractivity contribution in [3.8, 4) is 0 Å². The molecule has 17 heavy (non-hydrogen) atoms. The molecule has 0 bridgehead atoms. The van der Waals surface area contributed by atoms with Gasteiger partial charge in [-0.15, -0.1) is 16.4 Å². The lowest BCUT2D eigenvalue weighted by atomic mass is 10.2. The summed E-state index contributed by atoms with van der Waals surface area (Å²) in [4.78, 5) is 4.51. The van der Waals surface area contributed by atoms with E-state index in [1.165, 1.54) is 0 Å². The van der Waals surface area contributed by atoms with Crippen LogP contribution in [0.15, 0.2) is 23.2 Å². The highest BCUT2D eigenvalue weighted by molar-refractivity contribution is 7.80. The Hall–Kier alpha value is -1.60. The Morgan fingerprint density at radius 1 is 1.53 bits per heavy atom. The molecule has 0 unspecified atom stereocenters. The van der Waals surface area contributed by atoms with Gasteiger partial charge in [0.25, 0.3) is 0 Å². The van der Waals surface area contributed by atoms with Crippen molar-refractivity contribution in [3.05, 3.63) is 34.4 Å². The van der Waals surface area contributed by atoms with Gasteiger partial charge < -0.3 is 11.1 Å². The molecule has 0 saturated carbocycles. The Morgan fingerprint density at radius 2 is 2.41 bits per heavy atom. The molecule has 0 aliphatic heterocycles. The molecule has 0 amide bonds. The first-order chi connectivity index (χ1) is 8.27. The van der Waals surface area contributed by atoms with Crippen molar-refractivity contribution in [2.75, 3.05) is 11.9 Å². The summed E-state index contributed by atoms with van der Waals surface area (Å²) in [6.45, 7) is 0.720. The summed E-state index contributed by atoms with van der Waals surface area (Å²) in [6.07, 6.45) is 2.40. The van der Waals surface area contributed by atoms with E-state index in [2.05, 4.69) is 20.5 Å². The summed E-state index contributed by atoms with van der Waals surface area (Å²) < 4.78 is 0. The van der Waals surface area contributed by atoms with Crippen LogP contribution in [0.2, 0.25) is 0 Å². The van der Waals surface area contributed by atoms with Crippen LogP contribution >= 0.6 is 23.6 Å². The number of thiazole rings is 1. The SMILES string of the molecule is NC(=S)c1ccnnc1NCCc1cscn1. The third-order valence-electron chi connectivity index (χ3n) is 2.14. The third-order valence-corrected chi connectivity index (χ3v) is 3.00. The molecule has 0 aromatic carbocycles. The third kappa shape index (κ3) is 3.18. The standard InChI is InChI=1S/C10H11N5S2/c11-9(16)8-2-4-14-15-10(8)12-3-1-7-5-17-6-13-7/h2,4-6H,1,3H2,(H2,11,16)(H,12,15). The molecule has 3 N–H and O–H groups in total. The smallest absolute Gasteiger partial charge is 0.158 e. The summed E-state index contributed by atoms with van der Waals surface area (Å²) in [7, 11) is 0. The molecule has 5 nitrogen and oxygen atoms in total. The fraction of sp³-hybridized carbons (Fsp3) is 0.200. The van der Waals surface area contributed by atoms with E-state index in [-0.39, 0.29) is 0 Å². The van der Waals surface area contributed by atoms with Gasteiger partial charge in [0.2, 0.25) is 0 Å². The highest BCUT2D eigenvalue weighted by Crippen LogP contribution is 2.10. The molecule has 7 heteroatoms. The lowest BCUT2D eigenvalue weighted by molar-refractivity contribution is 0.943. The normalized spacial score (nSPS) is 10.1. The van der Waals surface area contributed by atoms with E-state index in [1.54, 1.807) is 23.6 Å². The van der Waals surface area contributed by atoms with E-state index in [9.17, 15) is 0 Å². The second-order valence-corrected chi connectivity index (χ2v) is 4.47. The number of thiocarbonyl (C=S) groups is 1. The zero-order valence-electron chi connectivity index (χ0n) is 8.96. The summed E-state index contributed by atoms with van der Waals surface area (Å²) in [5.41, 5.74) is 9.19. The largest absolute Gasteiger partial charge is 0.389 e. The van der Waals surface area contributed by atoms with Crippen LogP contribution in [0.1, 0.15) is 11.3 Å². The fourth-order valence-corrected chi connectivity index (χ4v) is 2.09. The number of hydrogen-bond donors (Lipinski definition) is 2. The van der Waals surface area contributed by atoms with Gasteiger partial charge in [-0.1, -0.05) is 12.2 Å². The number of nitrogens with one attached hydrogen (secondary N) is 1. The summed E-state index contributed by atoms with van der Waals surface area (Å²) in [5, 5.41) is 13.0. The van der Waals surface area contributed by atoms with Gasteiger partial charge in [-0.25, -0.2) is 4.98 Å². The minimum atomic E-state index is 0.316. The number of aromatic nitrogens is 3. The molecule has 2 rings (SSSR count). The lowest BCUT2D eigenvalue weighted by Crippen LogP contribution is -2.16. The predicted molar refractivity (Wildman–Crippen MR) is 72.2 cm³/mol. The minimum Gasteiger partial charge on any atom is -0.389 e. The molecule has 0 fully saturated rings. The van der Waals surface area contributed by atoms with Gasteiger partial charge in [0.1, 0.15) is 4.99 Å². The number of nitrogens with zero attached hydrogens (tertiary/aromatic N) is 3. The van der Waals surface area contributed by atoms with Gasteiger partial charge in [-0.3, -0.25) is 0 Å². The van der Waals surface area contributed by atoms with Crippen LogP contribution in [0.25, 0.3) is 0 Å². The topological polar surface area (TPSA) is 76.7 Å². The van der Waals surface area contributed by atoms with E-state index in [0.717, 1.165) is 18.7 Å². The van der Waals surface area contributed by atoms with E-state index < -0.39 is 0 Å². The van der Waals surface area contributed by atoms with Gasteiger partial charge in [-0.05, 0) is 6.07 Å². The van der Waals surface area contributed by atoms with Crippen molar-refractivity contribution >= 4 is 34.4 Å². The van der Waals surface area contributed by atoms with Gasteiger partial charge in [0, 0.05) is 18.3 Å². The maximum Gasteiger partial charge on any atom is 0.158 e. The van der Waals surface area contributed by atoms with Gasteiger partial charge in [0.15, 0.2) is 5.82 Å². The number of nitrogens with two attached hydrogens (primary N) is 1. The molecule has 2 aromatic rings. The summed E-state index contributed by atoms with van der Waals surface area (Å²) in [5.74, 6) is 0.621. The maximum absolute atomic E-state index is 5.59. The Kier molecular flexibility index (Phi) is 3.94. The molecule has 0 saturated heterocycles. The summed E-state index contributed by atoms with van der Waals surface area (Å²) >= 11 is 6.53. The van der Waals surface area contributed by atoms with Crippen LogP contribution in [0, 0.1) is 0 Å². The van der Waals surface area contributed by atoms with Crippen LogP contribution in [0.3, 0.4) is 0 Å². The van der Waals surface area contributed by atoms with E-state index in [0.29, 0.717) is 16.4 Å². The first-order valence-electron chi connectivity index (χ1n) is 5.00. The zero-order valence-corrected chi connectivity index (χ0v) is 10.6. The molecule has 0 atom stereocenters. The van der Waals surface area contributed by atoms with Crippen LogP contribution in [-0.2, 0) is 6.42 Å². The second kappa shape index (κ2) is 5.65. The van der Waals surface area contributed by atoms with E-state index in [4.69, 9.17) is 18.0 Å². The minimum absolute atomic E-state index is 0.316. The van der Waals surface area contributed by atoms with Gasteiger partial charge >= 0.3 is 0 Å². The van der Waals surface area contributed by atoms with Gasteiger partial charge in [0.05, 0.1) is 23.0 Å². The highest BCUT2D eigenvalue weighted by Gasteiger charge is 2.06. The lowest BCUT2D eigenvalue weighted by Gasteiger charge is -2.07. The molecular weight excluding hydrogens is 254 g/mol. The number of anilines is 1. The van der Waals surface area contributed by atoms with E-state index >= 15 is 0 Å². The molecule has 0 spiro atoms. The van der Waals surface area contributed by atoms with Crippen LogP contribution in [-0.4, -0.2) is 26.7 Å². The van der Waals surface area contributed by atoms with Crippen molar-refractivity contribution in [3.63, 3.8) is 0 Å². The molecule has 88 valence electrons. The molecule has 0 aliphatic carbocycles. The number of rotatable bonds is 5. The molecule has 0 radical (unpaired) electrons. The highest BCUT2D eigenvalue weighted by atomic mass is 32.1. The second-order valence-electron chi connectivity index (χ2n) is 3.31. The maximum atomic E-state index is 5.59. The average molecular weight is 265 g/mol. The van der Waals surface area contributed by atoms with E-state index in [1.807, 2.05) is 10.9 Å². The van der Waals surface area contributed by atoms with Crippen molar-refractivity contribution in [1.29, 1.82) is 0 Å². The Labute approximate surface area is 108 Å². The Morgan fingerprint density at radius 3 is 3.12 bits per heavy atom. The first kappa shape index (κ1) is 11.9. The van der Waals surface area contributed by atoms with Crippen LogP contribution in [0.4, 0.5) is 5.82 Å². The fourth-order valence-electron chi connectivity index (χ4n) is 1.33. The first-order valence-corrected chi connectivity index (χ1v) is 6.35. The van der Waals surface area contributed by atoms with Gasteiger partial charge in [-0.2, -0.15) is 5.10 Å². The molecule has 0 aliphatic rings. The molecular formula is C10H11N5S2. The summed E-state index contributed by atoms with van der Waals surface area (Å²) in [6, 6.07) is 1.75. The van der Waals surface area contributed by atoms with Crippen LogP contribution in [0.5, 0.6) is 0 Å². The Bertz CT molecular complexity index is 497. The van der Waals surface area contributed by atoms with Crippen molar-refractivity contribution in [2.24, 2.45) is 5.73 Å². The zero-order chi connectivity index (χ0) is 12.1. The predicted octanol–water partition coefficient (Wildman–Crippen LogP) is 1.22. The Balaban J connectivity index is 1.97. The number of hydrogen-bond acceptors (Lipinski definition) is 6.